The highest BCUT2D eigenvalue weighted by atomic mass is 35.5. The van der Waals surface area contributed by atoms with Gasteiger partial charge in [-0.15, -0.1) is 10.2 Å². The van der Waals surface area contributed by atoms with Crippen molar-refractivity contribution in [3.63, 3.8) is 0 Å². The summed E-state index contributed by atoms with van der Waals surface area (Å²) >= 11 is 5.84. The molecule has 0 aliphatic carbocycles. The average molecular weight is 378 g/mol. The van der Waals surface area contributed by atoms with Gasteiger partial charge in [0.05, 0.1) is 12.3 Å². The Bertz CT molecular complexity index is 952. The van der Waals surface area contributed by atoms with Gasteiger partial charge in [-0.1, -0.05) is 41.4 Å². The molecule has 0 aliphatic heterocycles. The maximum absolute atomic E-state index is 12.2. The van der Waals surface area contributed by atoms with E-state index in [4.69, 9.17) is 16.0 Å². The molecule has 3 aromatic rings. The lowest BCUT2D eigenvalue weighted by molar-refractivity contribution is 0.494. The van der Waals surface area contributed by atoms with Gasteiger partial charge in [0, 0.05) is 10.6 Å². The molecular weight excluding hydrogens is 362 g/mol. The number of aromatic nitrogens is 2. The first-order valence-electron chi connectivity index (χ1n) is 7.52. The molecule has 2 aromatic carbocycles. The Balaban J connectivity index is 1.63. The summed E-state index contributed by atoms with van der Waals surface area (Å²) in [6.45, 7) is 1.89. The molecule has 25 heavy (non-hydrogen) atoms. The lowest BCUT2D eigenvalue weighted by atomic mass is 10.2. The molecule has 0 saturated heterocycles. The summed E-state index contributed by atoms with van der Waals surface area (Å²) in [7, 11) is -3.50. The van der Waals surface area contributed by atoms with Crippen LogP contribution in [0.5, 0.6) is 0 Å². The largest absolute Gasteiger partial charge is 0.419 e. The molecule has 0 spiro atoms. The van der Waals surface area contributed by atoms with Gasteiger partial charge in [-0.05, 0) is 36.8 Å². The second kappa shape index (κ2) is 7.35. The van der Waals surface area contributed by atoms with Crippen molar-refractivity contribution in [3.05, 3.63) is 70.6 Å². The molecule has 0 saturated carbocycles. The normalized spacial score (nSPS) is 11.6. The molecule has 8 heteroatoms. The summed E-state index contributed by atoms with van der Waals surface area (Å²) in [5.74, 6) is 0.396. The van der Waals surface area contributed by atoms with Crippen molar-refractivity contribution >= 4 is 21.6 Å². The van der Waals surface area contributed by atoms with Gasteiger partial charge in [-0.3, -0.25) is 0 Å². The Kier molecular flexibility index (Phi) is 5.17. The molecule has 0 atom stereocenters. The third kappa shape index (κ3) is 4.88. The minimum absolute atomic E-state index is 0.0607. The van der Waals surface area contributed by atoms with Crippen LogP contribution in [0, 0.1) is 6.92 Å². The van der Waals surface area contributed by atoms with Gasteiger partial charge in [0.25, 0.3) is 0 Å². The summed E-state index contributed by atoms with van der Waals surface area (Å²) in [5.41, 5.74) is 2.51. The highest BCUT2D eigenvalue weighted by Gasteiger charge is 2.14. The van der Waals surface area contributed by atoms with Crippen LogP contribution in [0.1, 0.15) is 17.0 Å². The van der Waals surface area contributed by atoms with Gasteiger partial charge in [0.15, 0.2) is 0 Å². The molecule has 130 valence electrons. The van der Waals surface area contributed by atoms with E-state index in [-0.39, 0.29) is 18.2 Å². The fraction of sp³-hybridized carbons (Fsp3) is 0.176. The lowest BCUT2D eigenvalue weighted by Gasteiger charge is -2.05. The number of aryl methyl sites for hydroxylation is 1. The first-order valence-corrected chi connectivity index (χ1v) is 9.55. The number of nitrogens with one attached hydrogen (secondary N) is 1. The topological polar surface area (TPSA) is 85.1 Å². The van der Waals surface area contributed by atoms with Gasteiger partial charge < -0.3 is 4.42 Å². The zero-order chi connectivity index (χ0) is 17.9. The predicted molar refractivity (Wildman–Crippen MR) is 95.4 cm³/mol. The first-order chi connectivity index (χ1) is 11.9. The van der Waals surface area contributed by atoms with Gasteiger partial charge in [-0.25, -0.2) is 13.1 Å². The second-order valence-corrected chi connectivity index (χ2v) is 7.82. The van der Waals surface area contributed by atoms with E-state index in [1.807, 2.05) is 19.1 Å². The Morgan fingerprint density at radius 3 is 2.40 bits per heavy atom. The molecule has 0 bridgehead atoms. The Morgan fingerprint density at radius 2 is 1.72 bits per heavy atom. The van der Waals surface area contributed by atoms with Gasteiger partial charge >= 0.3 is 0 Å². The summed E-state index contributed by atoms with van der Waals surface area (Å²) in [6, 6.07) is 14.3. The standard InChI is InChI=1S/C17H16ClN3O3S/c1-12-2-4-13(5-3-12)11-25(22,23)19-10-16-20-21-17(24-16)14-6-8-15(18)9-7-14/h2-9,19H,10-11H2,1H3. The van der Waals surface area contributed by atoms with Crippen LogP contribution in [0.15, 0.2) is 52.9 Å². The van der Waals surface area contributed by atoms with E-state index < -0.39 is 10.0 Å². The van der Waals surface area contributed by atoms with E-state index in [0.717, 1.165) is 5.56 Å². The molecule has 0 aliphatic rings. The van der Waals surface area contributed by atoms with Gasteiger partial charge in [-0.2, -0.15) is 0 Å². The van der Waals surface area contributed by atoms with E-state index in [1.165, 1.54) is 0 Å². The predicted octanol–water partition coefficient (Wildman–Crippen LogP) is 3.32. The molecule has 1 N–H and O–H groups in total. The SMILES string of the molecule is Cc1ccc(CS(=O)(=O)NCc2nnc(-c3ccc(Cl)cc3)o2)cc1. The third-order valence-electron chi connectivity index (χ3n) is 3.48. The third-order valence-corrected chi connectivity index (χ3v) is 5.03. The number of sulfonamides is 1. The molecule has 0 fully saturated rings. The molecule has 1 heterocycles. The fourth-order valence-corrected chi connectivity index (χ4v) is 3.36. The molecule has 0 unspecified atom stereocenters. The van der Waals surface area contributed by atoms with Crippen LogP contribution in [0.3, 0.4) is 0 Å². The number of halogens is 1. The number of benzene rings is 2. The summed E-state index contributed by atoms with van der Waals surface area (Å²) in [4.78, 5) is 0. The average Bonchev–Trinajstić information content (AvgIpc) is 3.05. The van der Waals surface area contributed by atoms with Crippen molar-refractivity contribution in [1.29, 1.82) is 0 Å². The van der Waals surface area contributed by atoms with E-state index in [2.05, 4.69) is 14.9 Å². The van der Waals surface area contributed by atoms with Crippen molar-refractivity contribution in [1.82, 2.24) is 14.9 Å². The second-order valence-electron chi connectivity index (χ2n) is 5.57. The molecule has 1 aromatic heterocycles. The maximum Gasteiger partial charge on any atom is 0.247 e. The number of hydrogen-bond donors (Lipinski definition) is 1. The van der Waals surface area contributed by atoms with Crippen LogP contribution in [0.2, 0.25) is 5.02 Å². The summed E-state index contributed by atoms with van der Waals surface area (Å²) < 4.78 is 32.3. The Morgan fingerprint density at radius 1 is 1.04 bits per heavy atom. The zero-order valence-corrected chi connectivity index (χ0v) is 15.0. The highest BCUT2D eigenvalue weighted by molar-refractivity contribution is 7.88. The minimum Gasteiger partial charge on any atom is -0.419 e. The van der Waals surface area contributed by atoms with Crippen LogP contribution >= 0.6 is 11.6 Å². The van der Waals surface area contributed by atoms with Crippen molar-refractivity contribution < 1.29 is 12.8 Å². The van der Waals surface area contributed by atoms with Crippen LogP contribution in [-0.2, 0) is 22.3 Å². The summed E-state index contributed by atoms with van der Waals surface area (Å²) in [6.07, 6.45) is 0. The van der Waals surface area contributed by atoms with Gasteiger partial charge in [0.1, 0.15) is 0 Å². The van der Waals surface area contributed by atoms with Crippen molar-refractivity contribution in [2.45, 2.75) is 19.2 Å². The van der Waals surface area contributed by atoms with E-state index in [1.54, 1.807) is 36.4 Å². The summed E-state index contributed by atoms with van der Waals surface area (Å²) in [5, 5.41) is 8.38. The molecule has 3 rings (SSSR count). The van der Waals surface area contributed by atoms with Crippen LogP contribution in [0.25, 0.3) is 11.5 Å². The Hall–Kier alpha value is -2.22. The smallest absolute Gasteiger partial charge is 0.247 e. The van der Waals surface area contributed by atoms with Crippen molar-refractivity contribution in [2.24, 2.45) is 0 Å². The Labute approximate surface area is 150 Å². The first kappa shape index (κ1) is 17.6. The quantitative estimate of drug-likeness (QED) is 0.712. The van der Waals surface area contributed by atoms with E-state index in [9.17, 15) is 8.42 Å². The molecule has 0 radical (unpaired) electrons. The van der Waals surface area contributed by atoms with E-state index >= 15 is 0 Å². The van der Waals surface area contributed by atoms with Crippen molar-refractivity contribution in [3.8, 4) is 11.5 Å². The van der Waals surface area contributed by atoms with Crippen LogP contribution in [-0.4, -0.2) is 18.6 Å². The molecule has 6 nitrogen and oxygen atoms in total. The highest BCUT2D eigenvalue weighted by Crippen LogP contribution is 2.20. The molecule has 0 amide bonds. The van der Waals surface area contributed by atoms with Crippen LogP contribution < -0.4 is 4.72 Å². The number of rotatable bonds is 6. The van der Waals surface area contributed by atoms with E-state index in [0.29, 0.717) is 22.0 Å². The molecular formula is C17H16ClN3O3S. The fourth-order valence-electron chi connectivity index (χ4n) is 2.16. The van der Waals surface area contributed by atoms with Crippen molar-refractivity contribution in [2.75, 3.05) is 0 Å². The van der Waals surface area contributed by atoms with Crippen LogP contribution in [0.4, 0.5) is 0 Å². The number of nitrogens with zero attached hydrogens (tertiary/aromatic N) is 2. The zero-order valence-electron chi connectivity index (χ0n) is 13.4. The monoisotopic (exact) mass is 377 g/mol. The maximum atomic E-state index is 12.2. The number of hydrogen-bond acceptors (Lipinski definition) is 5. The lowest BCUT2D eigenvalue weighted by Crippen LogP contribution is -2.24. The van der Waals surface area contributed by atoms with Gasteiger partial charge in [0.2, 0.25) is 21.8 Å². The minimum atomic E-state index is -3.50.